The first-order valence-corrected chi connectivity index (χ1v) is 43.4. The van der Waals surface area contributed by atoms with Crippen LogP contribution in [-0.2, 0) is 65.4 Å². The standard InChI is InChI=1S/C85H144O17P2/c1-5-9-13-17-21-25-29-32-35-37-39-41-44-47-51-54-58-62-66-70-83(88)96-76-81(102-85(90)72-68-64-60-56-52-48-45-42-40-38-36-33-30-26-22-18-14-10-6-2)78-100-104(93,94)98-74-79(86)73-97-103(91,92)99-77-80(101-84(89)71-67-63-59-55-49-28-24-20-16-12-8-4)75-95-82(87)69-65-61-57-53-50-46-43-34-31-27-23-19-15-11-7-3/h9-10,13-14,21-22,25-26,32-36,39-43,47-48,51-52,79-81,86H,5-8,11-12,15-20,23-24,27-31,37-38,44-46,49-50,53-78H2,1-4H3,(H,91,92)(H,93,94)/b13-9-,14-10-,25-21-,26-22-,35-32-,36-33-,41-39-,42-40-,43-34-,51-47-,52-48-. The van der Waals surface area contributed by atoms with E-state index in [1.54, 1.807) is 0 Å². The van der Waals surface area contributed by atoms with E-state index < -0.39 is 97.5 Å². The zero-order chi connectivity index (χ0) is 76.0. The van der Waals surface area contributed by atoms with Crippen LogP contribution in [0.1, 0.15) is 323 Å². The van der Waals surface area contributed by atoms with E-state index >= 15 is 0 Å². The van der Waals surface area contributed by atoms with Crippen LogP contribution in [0.3, 0.4) is 0 Å². The van der Waals surface area contributed by atoms with Gasteiger partial charge in [-0.2, -0.15) is 0 Å². The lowest BCUT2D eigenvalue weighted by atomic mass is 10.1. The van der Waals surface area contributed by atoms with Crippen LogP contribution < -0.4 is 0 Å². The fourth-order valence-electron chi connectivity index (χ4n) is 10.5. The molecule has 5 unspecified atom stereocenters. The highest BCUT2D eigenvalue weighted by Crippen LogP contribution is 2.45. The molecule has 0 aromatic heterocycles. The van der Waals surface area contributed by atoms with E-state index in [9.17, 15) is 43.2 Å². The summed E-state index contributed by atoms with van der Waals surface area (Å²) in [4.78, 5) is 73.0. The molecule has 0 aliphatic heterocycles. The Labute approximate surface area is 631 Å². The van der Waals surface area contributed by atoms with E-state index in [2.05, 4.69) is 161 Å². The van der Waals surface area contributed by atoms with Crippen molar-refractivity contribution in [3.63, 3.8) is 0 Å². The van der Waals surface area contributed by atoms with Gasteiger partial charge in [0.1, 0.15) is 19.3 Å². The Morgan fingerprint density at radius 2 is 0.500 bits per heavy atom. The van der Waals surface area contributed by atoms with Crippen LogP contribution in [0.2, 0.25) is 0 Å². The van der Waals surface area contributed by atoms with Crippen molar-refractivity contribution >= 4 is 39.5 Å². The molecule has 0 saturated heterocycles. The van der Waals surface area contributed by atoms with Crippen LogP contribution in [0.5, 0.6) is 0 Å². The number of phosphoric acid groups is 2. The van der Waals surface area contributed by atoms with Crippen molar-refractivity contribution in [2.24, 2.45) is 0 Å². The first-order chi connectivity index (χ1) is 50.7. The maximum atomic E-state index is 13.1. The molecule has 0 heterocycles. The zero-order valence-electron chi connectivity index (χ0n) is 65.2. The quantitative estimate of drug-likeness (QED) is 0.0169. The molecule has 596 valence electrons. The zero-order valence-corrected chi connectivity index (χ0v) is 66.9. The lowest BCUT2D eigenvalue weighted by Gasteiger charge is -2.21. The second kappa shape index (κ2) is 76.4. The summed E-state index contributed by atoms with van der Waals surface area (Å²) in [6.45, 7) is 4.57. The molecule has 0 spiro atoms. The van der Waals surface area contributed by atoms with Crippen molar-refractivity contribution in [3.8, 4) is 0 Å². The summed E-state index contributed by atoms with van der Waals surface area (Å²) < 4.78 is 68.6. The van der Waals surface area contributed by atoms with Crippen LogP contribution in [0.4, 0.5) is 0 Å². The van der Waals surface area contributed by atoms with Crippen molar-refractivity contribution < 1.29 is 80.2 Å². The van der Waals surface area contributed by atoms with Crippen molar-refractivity contribution in [2.45, 2.75) is 341 Å². The van der Waals surface area contributed by atoms with Gasteiger partial charge in [0, 0.05) is 25.7 Å². The number of rotatable bonds is 75. The predicted molar refractivity (Wildman–Crippen MR) is 427 cm³/mol. The minimum absolute atomic E-state index is 0.0446. The molecule has 104 heavy (non-hydrogen) atoms. The molecule has 5 atom stereocenters. The topological polar surface area (TPSA) is 237 Å². The number of unbranched alkanes of at least 4 members (excludes halogenated alkanes) is 27. The summed E-state index contributed by atoms with van der Waals surface area (Å²) in [6.07, 6.45) is 85.7. The monoisotopic (exact) mass is 1500 g/mol. The second-order valence-electron chi connectivity index (χ2n) is 26.6. The van der Waals surface area contributed by atoms with Gasteiger partial charge in [0.05, 0.1) is 26.4 Å². The maximum absolute atomic E-state index is 13.1. The maximum Gasteiger partial charge on any atom is 0.472 e. The summed E-state index contributed by atoms with van der Waals surface area (Å²) in [5.74, 6) is -2.25. The van der Waals surface area contributed by atoms with Crippen LogP contribution in [0, 0.1) is 0 Å². The molecule has 0 radical (unpaired) electrons. The van der Waals surface area contributed by atoms with E-state index in [0.717, 1.165) is 167 Å². The van der Waals surface area contributed by atoms with Crippen LogP contribution in [0.15, 0.2) is 134 Å². The first-order valence-electron chi connectivity index (χ1n) is 40.4. The third-order valence-electron chi connectivity index (χ3n) is 16.6. The molecular formula is C85H144O17P2. The molecule has 19 heteroatoms. The van der Waals surface area contributed by atoms with E-state index in [4.69, 9.17) is 37.0 Å². The molecule has 0 aliphatic rings. The Balaban J connectivity index is 5.42. The minimum atomic E-state index is -5.00. The van der Waals surface area contributed by atoms with Gasteiger partial charge in [0.25, 0.3) is 0 Å². The lowest BCUT2D eigenvalue weighted by Crippen LogP contribution is -2.30. The fraction of sp³-hybridized carbons (Fsp3) is 0.694. The molecule has 17 nitrogen and oxygen atoms in total. The average molecular weight is 1500 g/mol. The van der Waals surface area contributed by atoms with E-state index in [1.807, 2.05) is 0 Å². The number of aliphatic hydroxyl groups excluding tert-OH is 1. The van der Waals surface area contributed by atoms with Crippen molar-refractivity contribution in [3.05, 3.63) is 134 Å². The Bertz CT molecular complexity index is 2490. The van der Waals surface area contributed by atoms with Gasteiger partial charge in [-0.25, -0.2) is 9.13 Å². The molecule has 0 fully saturated rings. The van der Waals surface area contributed by atoms with Crippen molar-refractivity contribution in [2.75, 3.05) is 39.6 Å². The molecule has 0 aliphatic carbocycles. The first kappa shape index (κ1) is 99.2. The highest BCUT2D eigenvalue weighted by molar-refractivity contribution is 7.47. The molecule has 0 saturated carbocycles. The molecule has 3 N–H and O–H groups in total. The Morgan fingerprint density at radius 1 is 0.279 bits per heavy atom. The van der Waals surface area contributed by atoms with E-state index in [-0.39, 0.29) is 25.7 Å². The smallest absolute Gasteiger partial charge is 0.462 e. The number of hydrogen-bond acceptors (Lipinski definition) is 15. The summed E-state index contributed by atoms with van der Waals surface area (Å²) in [6, 6.07) is 0. The summed E-state index contributed by atoms with van der Waals surface area (Å²) in [5, 5.41) is 10.6. The third kappa shape index (κ3) is 75.4. The van der Waals surface area contributed by atoms with Crippen LogP contribution in [-0.4, -0.2) is 96.7 Å². The normalized spacial score (nSPS) is 14.6. The predicted octanol–water partition coefficient (Wildman–Crippen LogP) is 23.7. The minimum Gasteiger partial charge on any atom is -0.462 e. The number of hydrogen-bond donors (Lipinski definition) is 3. The number of ether oxygens (including phenoxy) is 4. The van der Waals surface area contributed by atoms with Gasteiger partial charge in [-0.1, -0.05) is 290 Å². The number of allylic oxidation sites excluding steroid dienone is 22. The van der Waals surface area contributed by atoms with Gasteiger partial charge in [0.2, 0.25) is 0 Å². The highest BCUT2D eigenvalue weighted by atomic mass is 31.2. The number of phosphoric ester groups is 2. The van der Waals surface area contributed by atoms with Crippen LogP contribution >= 0.6 is 15.6 Å². The second-order valence-corrected chi connectivity index (χ2v) is 29.5. The number of aliphatic hydroxyl groups is 1. The van der Waals surface area contributed by atoms with Gasteiger partial charge < -0.3 is 33.8 Å². The van der Waals surface area contributed by atoms with Crippen molar-refractivity contribution in [1.82, 2.24) is 0 Å². The van der Waals surface area contributed by atoms with Gasteiger partial charge in [0.15, 0.2) is 12.2 Å². The molecular weight excluding hydrogens is 1350 g/mol. The fourth-order valence-corrected chi connectivity index (χ4v) is 12.1. The number of esters is 4. The summed E-state index contributed by atoms with van der Waals surface area (Å²) in [7, 11) is -9.98. The van der Waals surface area contributed by atoms with Gasteiger partial charge in [-0.05, 0) is 141 Å². The molecule has 0 aromatic rings. The SMILES string of the molecule is CC/C=C\C/C=C\C/C=C\C/C=C\C/C=C\CCCCCC(=O)OCC(COP(=O)(O)OCC(O)COP(=O)(O)OCC(COC(=O)CCCCCCC/C=C\CCCCCCCC)OC(=O)CCCCCCCCCCCCC)OC(=O)CCCCC/C=C\C/C=C\C/C=C\C/C=C\C/C=C\CC. The highest BCUT2D eigenvalue weighted by Gasteiger charge is 2.30. The lowest BCUT2D eigenvalue weighted by molar-refractivity contribution is -0.161. The largest absolute Gasteiger partial charge is 0.472 e. The summed E-state index contributed by atoms with van der Waals surface area (Å²) in [5.41, 5.74) is 0. The average Bonchev–Trinajstić information content (AvgIpc) is 0.928. The number of carbonyl (C=O) groups excluding carboxylic acids is 4. The van der Waals surface area contributed by atoms with Gasteiger partial charge >= 0.3 is 39.5 Å². The molecule has 0 amide bonds. The van der Waals surface area contributed by atoms with E-state index in [1.165, 1.54) is 77.0 Å². The number of carbonyl (C=O) groups is 4. The van der Waals surface area contributed by atoms with Gasteiger partial charge in [-0.15, -0.1) is 0 Å². The summed E-state index contributed by atoms with van der Waals surface area (Å²) >= 11 is 0. The Morgan fingerprint density at radius 3 is 0.788 bits per heavy atom. The Hall–Kier alpha value is -4.80. The van der Waals surface area contributed by atoms with Crippen molar-refractivity contribution in [1.29, 1.82) is 0 Å². The molecule has 0 rings (SSSR count). The Kier molecular flexibility index (Phi) is 72.9. The van der Waals surface area contributed by atoms with E-state index in [0.29, 0.717) is 25.7 Å². The third-order valence-corrected chi connectivity index (χ3v) is 18.5. The van der Waals surface area contributed by atoms with Crippen LogP contribution in [0.25, 0.3) is 0 Å². The molecule has 0 bridgehead atoms. The van der Waals surface area contributed by atoms with Gasteiger partial charge in [-0.3, -0.25) is 37.3 Å². The molecule has 0 aromatic carbocycles.